The predicted molar refractivity (Wildman–Crippen MR) is 88.6 cm³/mol. The number of amides is 1. The van der Waals surface area contributed by atoms with Crippen LogP contribution in [0.25, 0.3) is 0 Å². The number of ether oxygens (including phenoxy) is 3. The SMILES string of the molecule is CCOc1ccc(OCCNC(=O)c2ccc(OC(F)(F)F)cc2)cc1. The summed E-state index contributed by atoms with van der Waals surface area (Å²) < 4.78 is 50.8. The number of carbonyl (C=O) groups excluding carboxylic acids is 1. The second-order valence-electron chi connectivity index (χ2n) is 5.08. The van der Waals surface area contributed by atoms with Crippen LogP contribution in [0.3, 0.4) is 0 Å². The molecular weight excluding hydrogens is 351 g/mol. The first-order chi connectivity index (χ1) is 12.4. The number of hydrogen-bond donors (Lipinski definition) is 1. The maximum absolute atomic E-state index is 12.1. The molecule has 0 saturated heterocycles. The Hall–Kier alpha value is -2.90. The predicted octanol–water partition coefficient (Wildman–Crippen LogP) is 3.79. The van der Waals surface area contributed by atoms with E-state index < -0.39 is 12.3 Å². The van der Waals surface area contributed by atoms with Crippen LogP contribution in [0.1, 0.15) is 17.3 Å². The van der Waals surface area contributed by atoms with Gasteiger partial charge in [0, 0.05) is 5.56 Å². The molecule has 2 rings (SSSR count). The van der Waals surface area contributed by atoms with Crippen LogP contribution in [0.15, 0.2) is 48.5 Å². The Morgan fingerprint density at radius 2 is 1.46 bits per heavy atom. The van der Waals surface area contributed by atoms with Crippen molar-refractivity contribution in [3.8, 4) is 17.2 Å². The average molecular weight is 369 g/mol. The molecule has 2 aromatic carbocycles. The fourth-order valence-electron chi connectivity index (χ4n) is 2.04. The van der Waals surface area contributed by atoms with E-state index in [4.69, 9.17) is 9.47 Å². The van der Waals surface area contributed by atoms with Crippen LogP contribution in [0.2, 0.25) is 0 Å². The first-order valence-corrected chi connectivity index (χ1v) is 7.87. The van der Waals surface area contributed by atoms with Gasteiger partial charge in [0.1, 0.15) is 23.9 Å². The van der Waals surface area contributed by atoms with Gasteiger partial charge in [-0.1, -0.05) is 0 Å². The molecule has 0 spiro atoms. The van der Waals surface area contributed by atoms with Gasteiger partial charge in [-0.15, -0.1) is 13.2 Å². The van der Waals surface area contributed by atoms with E-state index in [1.807, 2.05) is 6.92 Å². The van der Waals surface area contributed by atoms with Gasteiger partial charge in [-0.05, 0) is 55.5 Å². The number of halogens is 3. The minimum atomic E-state index is -4.76. The largest absolute Gasteiger partial charge is 0.573 e. The molecule has 140 valence electrons. The van der Waals surface area contributed by atoms with E-state index in [0.717, 1.165) is 17.9 Å². The summed E-state index contributed by atoms with van der Waals surface area (Å²) in [6.45, 7) is 2.96. The van der Waals surface area contributed by atoms with Gasteiger partial charge in [-0.25, -0.2) is 0 Å². The van der Waals surface area contributed by atoms with E-state index in [1.54, 1.807) is 24.3 Å². The lowest BCUT2D eigenvalue weighted by Gasteiger charge is -2.10. The van der Waals surface area contributed by atoms with Gasteiger partial charge in [0.15, 0.2) is 0 Å². The van der Waals surface area contributed by atoms with E-state index in [0.29, 0.717) is 12.4 Å². The van der Waals surface area contributed by atoms with E-state index in [-0.39, 0.29) is 24.5 Å². The van der Waals surface area contributed by atoms with Crippen molar-refractivity contribution in [3.05, 3.63) is 54.1 Å². The highest BCUT2D eigenvalue weighted by Gasteiger charge is 2.31. The van der Waals surface area contributed by atoms with Crippen LogP contribution < -0.4 is 19.5 Å². The van der Waals surface area contributed by atoms with Crippen molar-refractivity contribution in [1.29, 1.82) is 0 Å². The van der Waals surface area contributed by atoms with E-state index in [1.165, 1.54) is 12.1 Å². The van der Waals surface area contributed by atoms with Crippen molar-refractivity contribution in [1.82, 2.24) is 5.32 Å². The van der Waals surface area contributed by atoms with Gasteiger partial charge in [0.2, 0.25) is 0 Å². The Bertz CT molecular complexity index is 700. The Balaban J connectivity index is 1.74. The van der Waals surface area contributed by atoms with Crippen LogP contribution in [-0.4, -0.2) is 32.0 Å². The summed E-state index contributed by atoms with van der Waals surface area (Å²) in [4.78, 5) is 11.9. The lowest BCUT2D eigenvalue weighted by molar-refractivity contribution is -0.274. The molecule has 0 unspecified atom stereocenters. The zero-order chi connectivity index (χ0) is 19.0. The smallest absolute Gasteiger partial charge is 0.494 e. The van der Waals surface area contributed by atoms with Gasteiger partial charge in [-0.3, -0.25) is 4.79 Å². The average Bonchev–Trinajstić information content (AvgIpc) is 2.59. The first-order valence-electron chi connectivity index (χ1n) is 7.87. The monoisotopic (exact) mass is 369 g/mol. The van der Waals surface area contributed by atoms with Gasteiger partial charge in [0.25, 0.3) is 5.91 Å². The maximum atomic E-state index is 12.1. The topological polar surface area (TPSA) is 56.8 Å². The number of rotatable bonds is 8. The molecule has 0 radical (unpaired) electrons. The molecule has 5 nitrogen and oxygen atoms in total. The molecule has 0 aliphatic carbocycles. The Labute approximate surface area is 148 Å². The Morgan fingerprint density at radius 1 is 0.923 bits per heavy atom. The zero-order valence-electron chi connectivity index (χ0n) is 14.0. The summed E-state index contributed by atoms with van der Waals surface area (Å²) in [5.74, 6) is 0.578. The maximum Gasteiger partial charge on any atom is 0.573 e. The molecule has 2 aromatic rings. The summed E-state index contributed by atoms with van der Waals surface area (Å²) in [5.41, 5.74) is 0.223. The van der Waals surface area contributed by atoms with Gasteiger partial charge in [0.05, 0.1) is 13.2 Å². The van der Waals surface area contributed by atoms with Crippen LogP contribution in [0, 0.1) is 0 Å². The number of carbonyl (C=O) groups is 1. The Kier molecular flexibility index (Phi) is 6.71. The number of benzene rings is 2. The lowest BCUT2D eigenvalue weighted by Crippen LogP contribution is -2.28. The molecule has 0 aliphatic heterocycles. The van der Waals surface area contributed by atoms with Crippen molar-refractivity contribution in [2.45, 2.75) is 13.3 Å². The Morgan fingerprint density at radius 3 is 2.00 bits per heavy atom. The highest BCUT2D eigenvalue weighted by Crippen LogP contribution is 2.22. The zero-order valence-corrected chi connectivity index (χ0v) is 14.0. The van der Waals surface area contributed by atoms with Crippen molar-refractivity contribution in [2.75, 3.05) is 19.8 Å². The van der Waals surface area contributed by atoms with Crippen molar-refractivity contribution < 1.29 is 32.2 Å². The molecule has 1 N–H and O–H groups in total. The third kappa shape index (κ3) is 6.54. The van der Waals surface area contributed by atoms with Crippen molar-refractivity contribution in [2.24, 2.45) is 0 Å². The summed E-state index contributed by atoms with van der Waals surface area (Å²) >= 11 is 0. The molecule has 0 heterocycles. The molecule has 0 saturated carbocycles. The second-order valence-corrected chi connectivity index (χ2v) is 5.08. The van der Waals surface area contributed by atoms with Crippen molar-refractivity contribution >= 4 is 5.91 Å². The third-order valence-electron chi connectivity index (χ3n) is 3.14. The van der Waals surface area contributed by atoms with Crippen LogP contribution in [0.5, 0.6) is 17.2 Å². The van der Waals surface area contributed by atoms with E-state index >= 15 is 0 Å². The fraction of sp³-hybridized carbons (Fsp3) is 0.278. The molecule has 8 heteroatoms. The quantitative estimate of drug-likeness (QED) is 0.720. The molecule has 0 aliphatic rings. The first kappa shape index (κ1) is 19.4. The summed E-state index contributed by atoms with van der Waals surface area (Å²) in [6.07, 6.45) is -4.76. The molecule has 0 fully saturated rings. The molecule has 0 aromatic heterocycles. The number of alkyl halides is 3. The van der Waals surface area contributed by atoms with Crippen molar-refractivity contribution in [3.63, 3.8) is 0 Å². The molecule has 0 atom stereocenters. The van der Waals surface area contributed by atoms with Crippen LogP contribution in [0.4, 0.5) is 13.2 Å². The number of nitrogens with one attached hydrogen (secondary N) is 1. The minimum Gasteiger partial charge on any atom is -0.494 e. The minimum absolute atomic E-state index is 0.223. The van der Waals surface area contributed by atoms with E-state index in [9.17, 15) is 18.0 Å². The van der Waals surface area contributed by atoms with Gasteiger partial charge in [-0.2, -0.15) is 0 Å². The van der Waals surface area contributed by atoms with Gasteiger partial charge >= 0.3 is 6.36 Å². The fourth-order valence-corrected chi connectivity index (χ4v) is 2.04. The molecular formula is C18H18F3NO4. The highest BCUT2D eigenvalue weighted by atomic mass is 19.4. The molecule has 26 heavy (non-hydrogen) atoms. The molecule has 1 amide bonds. The molecule has 0 bridgehead atoms. The standard InChI is InChI=1S/C18H18F3NO4/c1-2-24-14-7-9-15(10-8-14)25-12-11-22-17(23)13-3-5-16(6-4-13)26-18(19,20)21/h3-10H,2,11-12H2,1H3,(H,22,23). The normalized spacial score (nSPS) is 10.9. The lowest BCUT2D eigenvalue weighted by atomic mass is 10.2. The number of hydrogen-bond acceptors (Lipinski definition) is 4. The second kappa shape index (κ2) is 8.98. The highest BCUT2D eigenvalue weighted by molar-refractivity contribution is 5.94. The van der Waals surface area contributed by atoms with E-state index in [2.05, 4.69) is 10.1 Å². The third-order valence-corrected chi connectivity index (χ3v) is 3.14. The van der Waals surface area contributed by atoms with Crippen LogP contribution in [-0.2, 0) is 0 Å². The van der Waals surface area contributed by atoms with Crippen LogP contribution >= 0.6 is 0 Å². The summed E-state index contributed by atoms with van der Waals surface area (Å²) in [5, 5.41) is 2.62. The summed E-state index contributed by atoms with van der Waals surface area (Å²) in [7, 11) is 0. The van der Waals surface area contributed by atoms with Gasteiger partial charge < -0.3 is 19.5 Å². The summed E-state index contributed by atoms with van der Waals surface area (Å²) in [6, 6.07) is 11.7.